The van der Waals surface area contributed by atoms with Gasteiger partial charge in [-0.1, -0.05) is 49.0 Å². The minimum absolute atomic E-state index is 0.00629. The van der Waals surface area contributed by atoms with Crippen molar-refractivity contribution < 1.29 is 9.59 Å². The summed E-state index contributed by atoms with van der Waals surface area (Å²) >= 11 is 1.13. The number of benzene rings is 1. The molecular formula is C18H22N4O3S. The lowest BCUT2D eigenvalue weighted by Crippen LogP contribution is -2.26. The number of aromatic nitrogens is 2. The highest BCUT2D eigenvalue weighted by atomic mass is 32.2. The highest BCUT2D eigenvalue weighted by Crippen LogP contribution is 2.11. The summed E-state index contributed by atoms with van der Waals surface area (Å²) in [6.45, 7) is 3.01. The molecule has 1 heterocycles. The van der Waals surface area contributed by atoms with Crippen molar-refractivity contribution >= 4 is 23.6 Å². The molecule has 0 unspecified atom stereocenters. The molecule has 0 saturated heterocycles. The Hall–Kier alpha value is -2.61. The topological polar surface area (TPSA) is 104 Å². The van der Waals surface area contributed by atoms with Gasteiger partial charge in [0.15, 0.2) is 5.16 Å². The van der Waals surface area contributed by atoms with Crippen LogP contribution in [0.2, 0.25) is 0 Å². The molecule has 1 aromatic heterocycles. The van der Waals surface area contributed by atoms with Gasteiger partial charge in [0, 0.05) is 19.2 Å². The zero-order chi connectivity index (χ0) is 18.8. The van der Waals surface area contributed by atoms with E-state index in [-0.39, 0.29) is 29.5 Å². The monoisotopic (exact) mass is 374 g/mol. The van der Waals surface area contributed by atoms with Gasteiger partial charge in [-0.3, -0.25) is 14.4 Å². The first-order chi connectivity index (χ1) is 12.6. The third kappa shape index (κ3) is 7.10. The SMILES string of the molecule is CCCNC(=O)CSc1nc(CC(=O)NCc2ccccc2)cc(=O)[nH]1. The fraction of sp³-hybridized carbons (Fsp3) is 0.333. The second-order valence-corrected chi connectivity index (χ2v) is 6.58. The molecule has 0 fully saturated rings. The van der Waals surface area contributed by atoms with E-state index < -0.39 is 0 Å². The summed E-state index contributed by atoms with van der Waals surface area (Å²) in [5, 5.41) is 5.88. The summed E-state index contributed by atoms with van der Waals surface area (Å²) in [6, 6.07) is 10.9. The number of thioether (sulfide) groups is 1. The van der Waals surface area contributed by atoms with E-state index in [9.17, 15) is 14.4 Å². The van der Waals surface area contributed by atoms with E-state index in [1.165, 1.54) is 6.07 Å². The van der Waals surface area contributed by atoms with Gasteiger partial charge >= 0.3 is 0 Å². The van der Waals surface area contributed by atoms with Gasteiger partial charge in [0.1, 0.15) is 0 Å². The number of amides is 2. The molecule has 2 rings (SSSR count). The lowest BCUT2D eigenvalue weighted by Gasteiger charge is -2.06. The maximum absolute atomic E-state index is 12.1. The number of aromatic amines is 1. The Morgan fingerprint density at radius 1 is 1.15 bits per heavy atom. The Morgan fingerprint density at radius 3 is 2.65 bits per heavy atom. The lowest BCUT2D eigenvalue weighted by atomic mass is 10.2. The van der Waals surface area contributed by atoms with E-state index in [0.717, 1.165) is 23.7 Å². The molecular weight excluding hydrogens is 352 g/mol. The molecule has 0 spiro atoms. The molecule has 0 atom stereocenters. The van der Waals surface area contributed by atoms with Crippen molar-refractivity contribution in [2.75, 3.05) is 12.3 Å². The van der Waals surface area contributed by atoms with Crippen LogP contribution in [0.5, 0.6) is 0 Å². The lowest BCUT2D eigenvalue weighted by molar-refractivity contribution is -0.121. The Morgan fingerprint density at radius 2 is 1.92 bits per heavy atom. The average Bonchev–Trinajstić information content (AvgIpc) is 2.63. The summed E-state index contributed by atoms with van der Waals surface area (Å²) in [5.41, 5.74) is 1.02. The first-order valence-electron chi connectivity index (χ1n) is 8.37. The third-order valence-electron chi connectivity index (χ3n) is 3.36. The van der Waals surface area contributed by atoms with Gasteiger partial charge in [0.05, 0.1) is 17.9 Å². The van der Waals surface area contributed by atoms with Crippen molar-refractivity contribution in [2.24, 2.45) is 0 Å². The summed E-state index contributed by atoms with van der Waals surface area (Å²) in [4.78, 5) is 42.3. The zero-order valence-electron chi connectivity index (χ0n) is 14.6. The fourth-order valence-electron chi connectivity index (χ4n) is 2.12. The molecule has 0 aliphatic rings. The van der Waals surface area contributed by atoms with E-state index in [0.29, 0.717) is 23.9 Å². The quantitative estimate of drug-likeness (QED) is 0.453. The van der Waals surface area contributed by atoms with Gasteiger partial charge in [-0.2, -0.15) is 0 Å². The van der Waals surface area contributed by atoms with Crippen LogP contribution < -0.4 is 16.2 Å². The fourth-order valence-corrected chi connectivity index (χ4v) is 2.84. The molecule has 138 valence electrons. The number of hydrogen-bond donors (Lipinski definition) is 3. The summed E-state index contributed by atoms with van der Waals surface area (Å²) in [5.74, 6) is -0.179. The number of rotatable bonds is 9. The zero-order valence-corrected chi connectivity index (χ0v) is 15.4. The minimum Gasteiger partial charge on any atom is -0.355 e. The number of H-pyrrole nitrogens is 1. The van der Waals surface area contributed by atoms with Crippen molar-refractivity contribution in [2.45, 2.75) is 31.5 Å². The third-order valence-corrected chi connectivity index (χ3v) is 4.23. The number of carbonyl (C=O) groups is 2. The highest BCUT2D eigenvalue weighted by Gasteiger charge is 2.09. The van der Waals surface area contributed by atoms with Crippen LogP contribution in [0.1, 0.15) is 24.6 Å². The minimum atomic E-state index is -0.345. The van der Waals surface area contributed by atoms with Gasteiger partial charge in [0.2, 0.25) is 11.8 Å². The normalized spacial score (nSPS) is 10.3. The van der Waals surface area contributed by atoms with Gasteiger partial charge < -0.3 is 15.6 Å². The van der Waals surface area contributed by atoms with Crippen molar-refractivity contribution in [3.63, 3.8) is 0 Å². The van der Waals surface area contributed by atoms with Gasteiger partial charge in [-0.05, 0) is 12.0 Å². The molecule has 7 nitrogen and oxygen atoms in total. The van der Waals surface area contributed by atoms with E-state index in [1.807, 2.05) is 37.3 Å². The van der Waals surface area contributed by atoms with Crippen LogP contribution in [-0.2, 0) is 22.6 Å². The molecule has 0 saturated carbocycles. The van der Waals surface area contributed by atoms with Crippen LogP contribution in [0.15, 0.2) is 46.3 Å². The second-order valence-electron chi connectivity index (χ2n) is 5.62. The molecule has 2 amide bonds. The molecule has 2 aromatic rings. The average molecular weight is 374 g/mol. The van der Waals surface area contributed by atoms with Crippen LogP contribution in [0.25, 0.3) is 0 Å². The Bertz CT molecular complexity index is 793. The van der Waals surface area contributed by atoms with Gasteiger partial charge in [0.25, 0.3) is 5.56 Å². The van der Waals surface area contributed by atoms with Crippen molar-refractivity contribution in [3.05, 3.63) is 58.0 Å². The molecule has 0 aliphatic heterocycles. The molecule has 0 bridgehead atoms. The summed E-state index contributed by atoms with van der Waals surface area (Å²) in [7, 11) is 0. The van der Waals surface area contributed by atoms with Crippen LogP contribution >= 0.6 is 11.8 Å². The molecule has 26 heavy (non-hydrogen) atoms. The van der Waals surface area contributed by atoms with Crippen LogP contribution in [0.3, 0.4) is 0 Å². The van der Waals surface area contributed by atoms with Crippen LogP contribution in [0, 0.1) is 0 Å². The predicted octanol–water partition coefficient (Wildman–Crippen LogP) is 1.25. The standard InChI is InChI=1S/C18H22N4O3S/c1-2-8-19-17(25)12-26-18-21-14(10-16(24)22-18)9-15(23)20-11-13-6-4-3-5-7-13/h3-7,10H,2,8-9,11-12H2,1H3,(H,19,25)(H,20,23)(H,21,22,24). The van der Waals surface area contributed by atoms with Crippen molar-refractivity contribution in [1.82, 2.24) is 20.6 Å². The summed E-state index contributed by atoms with van der Waals surface area (Å²) < 4.78 is 0. The van der Waals surface area contributed by atoms with E-state index in [1.54, 1.807) is 0 Å². The summed E-state index contributed by atoms with van der Waals surface area (Å²) in [6.07, 6.45) is 0.866. The Labute approximate surface area is 156 Å². The molecule has 3 N–H and O–H groups in total. The van der Waals surface area contributed by atoms with Gasteiger partial charge in [-0.15, -0.1) is 0 Å². The Kier molecular flexibility index (Phi) is 7.88. The smallest absolute Gasteiger partial charge is 0.251 e. The van der Waals surface area contributed by atoms with Crippen LogP contribution in [-0.4, -0.2) is 34.1 Å². The molecule has 0 radical (unpaired) electrons. The van der Waals surface area contributed by atoms with E-state index in [2.05, 4.69) is 20.6 Å². The van der Waals surface area contributed by atoms with Crippen LogP contribution in [0.4, 0.5) is 0 Å². The molecule has 1 aromatic carbocycles. The largest absolute Gasteiger partial charge is 0.355 e. The molecule has 0 aliphatic carbocycles. The van der Waals surface area contributed by atoms with E-state index >= 15 is 0 Å². The number of hydrogen-bond acceptors (Lipinski definition) is 5. The Balaban J connectivity index is 1.88. The number of nitrogens with zero attached hydrogens (tertiary/aromatic N) is 1. The van der Waals surface area contributed by atoms with E-state index in [4.69, 9.17) is 0 Å². The number of carbonyl (C=O) groups excluding carboxylic acids is 2. The first-order valence-corrected chi connectivity index (χ1v) is 9.35. The maximum Gasteiger partial charge on any atom is 0.251 e. The second kappa shape index (κ2) is 10.4. The van der Waals surface area contributed by atoms with Crippen molar-refractivity contribution in [1.29, 1.82) is 0 Å². The maximum atomic E-state index is 12.1. The number of nitrogens with one attached hydrogen (secondary N) is 3. The van der Waals surface area contributed by atoms with Gasteiger partial charge in [-0.25, -0.2) is 4.98 Å². The predicted molar refractivity (Wildman–Crippen MR) is 101 cm³/mol. The highest BCUT2D eigenvalue weighted by molar-refractivity contribution is 7.99. The molecule has 8 heteroatoms. The first kappa shape index (κ1) is 19.7. The van der Waals surface area contributed by atoms with Crippen molar-refractivity contribution in [3.8, 4) is 0 Å².